The van der Waals surface area contributed by atoms with Gasteiger partial charge in [-0.15, -0.1) is 0 Å². The molecule has 1 aliphatic heterocycles. The molecule has 1 aromatic rings. The van der Waals surface area contributed by atoms with Gasteiger partial charge in [-0.2, -0.15) is 0 Å². The summed E-state index contributed by atoms with van der Waals surface area (Å²) in [6, 6.07) is 6.77. The number of hydrogen-bond acceptors (Lipinski definition) is 4. The average Bonchev–Trinajstić information content (AvgIpc) is 2.23. The smallest absolute Gasteiger partial charge is 0.237 e. The molecule has 0 amide bonds. The minimum absolute atomic E-state index is 0.255. The lowest BCUT2D eigenvalue weighted by atomic mass is 9.89. The fourth-order valence-corrected chi connectivity index (χ4v) is 2.54. The quantitative estimate of drug-likeness (QED) is 0.726. The third-order valence-corrected chi connectivity index (χ3v) is 3.45. The minimum Gasteiger partial charge on any atom is -0.370 e. The lowest BCUT2D eigenvalue weighted by Crippen LogP contribution is -2.71. The van der Waals surface area contributed by atoms with Gasteiger partial charge in [-0.05, 0) is 26.8 Å². The van der Waals surface area contributed by atoms with Crippen molar-refractivity contribution in [2.75, 3.05) is 6.61 Å². The van der Waals surface area contributed by atoms with Crippen LogP contribution >= 0.6 is 11.6 Å². The molecule has 0 saturated carbocycles. The van der Waals surface area contributed by atoms with E-state index in [1.165, 1.54) is 6.92 Å². The van der Waals surface area contributed by atoms with E-state index >= 15 is 0 Å². The molecule has 0 aromatic heterocycles. The van der Waals surface area contributed by atoms with Crippen LogP contribution in [-0.4, -0.2) is 28.1 Å². The first kappa shape index (κ1) is 13.8. The lowest BCUT2D eigenvalue weighted by molar-refractivity contribution is -0.349. The van der Waals surface area contributed by atoms with E-state index in [9.17, 15) is 10.2 Å². The second kappa shape index (κ2) is 4.18. The van der Waals surface area contributed by atoms with E-state index in [1.807, 2.05) is 13.8 Å². The first-order valence-corrected chi connectivity index (χ1v) is 6.19. The largest absolute Gasteiger partial charge is 0.370 e. The van der Waals surface area contributed by atoms with E-state index in [-0.39, 0.29) is 6.61 Å². The Kier molecular flexibility index (Phi) is 3.20. The Morgan fingerprint density at radius 2 is 1.83 bits per heavy atom. The zero-order chi connectivity index (χ0) is 13.6. The number of hydrogen-bond donors (Lipinski definition) is 3. The first-order chi connectivity index (χ1) is 8.18. The first-order valence-electron chi connectivity index (χ1n) is 5.81. The highest BCUT2D eigenvalue weighted by atomic mass is 35.5. The zero-order valence-electron chi connectivity index (χ0n) is 10.7. The maximum absolute atomic E-state index is 10.7. The summed E-state index contributed by atoms with van der Waals surface area (Å²) < 4.78 is 5.52. The Morgan fingerprint density at radius 1 is 1.22 bits per heavy atom. The molecule has 4 nitrogen and oxygen atoms in total. The van der Waals surface area contributed by atoms with Gasteiger partial charge in [0.1, 0.15) is 0 Å². The normalized spacial score (nSPS) is 35.4. The number of nitrogens with one attached hydrogen (secondary N) is 1. The second-order valence-corrected chi connectivity index (χ2v) is 5.90. The maximum atomic E-state index is 10.7. The van der Waals surface area contributed by atoms with E-state index < -0.39 is 17.1 Å². The summed E-state index contributed by atoms with van der Waals surface area (Å²) in [5, 5.41) is 24.4. The highest BCUT2D eigenvalue weighted by molar-refractivity contribution is 6.31. The standard InChI is InChI=1S/C13H18ClNO3/c1-11(2)8-18-13(17,12(3,16)15-11)9-6-4-5-7-10(9)14/h4-7,15-17H,8H2,1-3H3. The molecule has 3 N–H and O–H groups in total. The average molecular weight is 272 g/mol. The summed E-state index contributed by atoms with van der Waals surface area (Å²) >= 11 is 6.07. The molecule has 5 heteroatoms. The van der Waals surface area contributed by atoms with Crippen molar-refractivity contribution in [3.05, 3.63) is 34.9 Å². The van der Waals surface area contributed by atoms with Gasteiger partial charge in [0.2, 0.25) is 5.79 Å². The van der Waals surface area contributed by atoms with Crippen LogP contribution in [0.1, 0.15) is 26.3 Å². The molecular weight excluding hydrogens is 254 g/mol. The van der Waals surface area contributed by atoms with Crippen LogP contribution in [0.3, 0.4) is 0 Å². The van der Waals surface area contributed by atoms with Gasteiger partial charge in [0.05, 0.1) is 6.61 Å². The van der Waals surface area contributed by atoms with Crippen LogP contribution in [-0.2, 0) is 10.5 Å². The monoisotopic (exact) mass is 271 g/mol. The van der Waals surface area contributed by atoms with Crippen molar-refractivity contribution in [1.29, 1.82) is 0 Å². The van der Waals surface area contributed by atoms with E-state index in [0.29, 0.717) is 10.6 Å². The third-order valence-electron chi connectivity index (χ3n) is 3.12. The number of ether oxygens (including phenoxy) is 1. The molecule has 0 spiro atoms. The number of aliphatic hydroxyl groups is 2. The maximum Gasteiger partial charge on any atom is 0.237 e. The van der Waals surface area contributed by atoms with Crippen molar-refractivity contribution in [1.82, 2.24) is 5.32 Å². The van der Waals surface area contributed by atoms with Gasteiger partial charge in [-0.1, -0.05) is 29.8 Å². The Labute approximate surface area is 112 Å². The number of halogens is 1. The van der Waals surface area contributed by atoms with Crippen LogP contribution in [0.5, 0.6) is 0 Å². The molecule has 1 aliphatic rings. The fourth-order valence-electron chi connectivity index (χ4n) is 2.28. The van der Waals surface area contributed by atoms with Crippen molar-refractivity contribution >= 4 is 11.6 Å². The summed E-state index contributed by atoms with van der Waals surface area (Å²) in [4.78, 5) is 0. The fraction of sp³-hybridized carbons (Fsp3) is 0.538. The molecule has 1 aromatic carbocycles. The van der Waals surface area contributed by atoms with Gasteiger partial charge in [0, 0.05) is 16.1 Å². The second-order valence-electron chi connectivity index (χ2n) is 5.49. The van der Waals surface area contributed by atoms with Crippen molar-refractivity contribution in [2.45, 2.75) is 37.8 Å². The molecule has 2 unspecified atom stereocenters. The van der Waals surface area contributed by atoms with E-state index in [4.69, 9.17) is 16.3 Å². The van der Waals surface area contributed by atoms with Crippen molar-refractivity contribution in [2.24, 2.45) is 0 Å². The van der Waals surface area contributed by atoms with Crippen LogP contribution in [0.15, 0.2) is 24.3 Å². The molecule has 0 radical (unpaired) electrons. The SMILES string of the molecule is CC1(C)COC(O)(c2ccccc2Cl)C(C)(O)N1. The topological polar surface area (TPSA) is 61.7 Å². The lowest BCUT2D eigenvalue weighted by Gasteiger charge is -2.51. The number of rotatable bonds is 1. The molecule has 2 atom stereocenters. The van der Waals surface area contributed by atoms with Crippen LogP contribution in [0.25, 0.3) is 0 Å². The summed E-state index contributed by atoms with van der Waals surface area (Å²) in [6.07, 6.45) is 0. The van der Waals surface area contributed by atoms with Gasteiger partial charge >= 0.3 is 0 Å². The van der Waals surface area contributed by atoms with E-state index in [2.05, 4.69) is 5.32 Å². The molecule has 1 heterocycles. The molecule has 0 aliphatic carbocycles. The Balaban J connectivity index is 2.46. The minimum atomic E-state index is -1.87. The molecule has 0 bridgehead atoms. The van der Waals surface area contributed by atoms with Gasteiger partial charge in [0.25, 0.3) is 0 Å². The predicted molar refractivity (Wildman–Crippen MR) is 69.1 cm³/mol. The number of benzene rings is 1. The molecule has 1 saturated heterocycles. The molecule has 100 valence electrons. The zero-order valence-corrected chi connectivity index (χ0v) is 11.5. The van der Waals surface area contributed by atoms with Crippen molar-refractivity contribution in [3.8, 4) is 0 Å². The van der Waals surface area contributed by atoms with Gasteiger partial charge in [-0.3, -0.25) is 5.32 Å². The highest BCUT2D eigenvalue weighted by Crippen LogP contribution is 2.40. The Bertz CT molecular complexity index is 461. The predicted octanol–water partition coefficient (Wildman–Crippen LogP) is 1.59. The molecule has 2 rings (SSSR count). The molecular formula is C13H18ClNO3. The summed E-state index contributed by atoms with van der Waals surface area (Å²) in [5.74, 6) is -1.87. The molecule has 1 fully saturated rings. The molecule has 18 heavy (non-hydrogen) atoms. The van der Waals surface area contributed by atoms with Crippen LogP contribution < -0.4 is 5.32 Å². The Hall–Kier alpha value is -0.650. The Morgan fingerprint density at radius 3 is 2.39 bits per heavy atom. The van der Waals surface area contributed by atoms with Gasteiger partial charge in [0.15, 0.2) is 5.72 Å². The van der Waals surface area contributed by atoms with Crippen molar-refractivity contribution in [3.63, 3.8) is 0 Å². The van der Waals surface area contributed by atoms with E-state index in [0.717, 1.165) is 0 Å². The van der Waals surface area contributed by atoms with Crippen molar-refractivity contribution < 1.29 is 14.9 Å². The summed E-state index contributed by atoms with van der Waals surface area (Å²) in [6.45, 7) is 5.49. The number of morpholine rings is 1. The van der Waals surface area contributed by atoms with Crippen LogP contribution in [0, 0.1) is 0 Å². The van der Waals surface area contributed by atoms with Crippen LogP contribution in [0.4, 0.5) is 0 Å². The van der Waals surface area contributed by atoms with Crippen LogP contribution in [0.2, 0.25) is 5.02 Å². The third kappa shape index (κ3) is 2.15. The van der Waals surface area contributed by atoms with Gasteiger partial charge in [-0.25, -0.2) is 0 Å². The van der Waals surface area contributed by atoms with Gasteiger partial charge < -0.3 is 14.9 Å². The van der Waals surface area contributed by atoms with E-state index in [1.54, 1.807) is 24.3 Å². The highest BCUT2D eigenvalue weighted by Gasteiger charge is 2.55. The summed E-state index contributed by atoms with van der Waals surface area (Å²) in [5.41, 5.74) is -1.73. The summed E-state index contributed by atoms with van der Waals surface area (Å²) in [7, 11) is 0.